The maximum absolute atomic E-state index is 10.7. The molecule has 0 fully saturated rings. The topological polar surface area (TPSA) is 29.5 Å². The SMILES string of the molecule is CC(C)(C)ON(C=O)CCc1cccs1. The lowest BCUT2D eigenvalue weighted by Gasteiger charge is -2.26. The van der Waals surface area contributed by atoms with Gasteiger partial charge in [-0.1, -0.05) is 6.07 Å². The molecule has 0 aliphatic rings. The summed E-state index contributed by atoms with van der Waals surface area (Å²) in [7, 11) is 0. The van der Waals surface area contributed by atoms with Crippen LogP contribution in [-0.4, -0.2) is 23.6 Å². The van der Waals surface area contributed by atoms with Crippen LogP contribution in [0.5, 0.6) is 0 Å². The number of carbonyl (C=O) groups is 1. The Hall–Kier alpha value is -0.870. The first-order chi connectivity index (χ1) is 7.01. The normalized spacial score (nSPS) is 11.4. The van der Waals surface area contributed by atoms with Crippen molar-refractivity contribution in [1.82, 2.24) is 5.06 Å². The quantitative estimate of drug-likeness (QED) is 0.571. The van der Waals surface area contributed by atoms with Crippen LogP contribution in [0.15, 0.2) is 17.5 Å². The van der Waals surface area contributed by atoms with Gasteiger partial charge in [-0.15, -0.1) is 11.3 Å². The second-order valence-corrected chi connectivity index (χ2v) is 5.31. The molecule has 0 unspecified atom stereocenters. The number of rotatable bonds is 5. The monoisotopic (exact) mass is 227 g/mol. The van der Waals surface area contributed by atoms with Crippen LogP contribution in [0.1, 0.15) is 25.6 Å². The van der Waals surface area contributed by atoms with Crippen molar-refractivity contribution in [3.63, 3.8) is 0 Å². The minimum Gasteiger partial charge on any atom is -0.276 e. The largest absolute Gasteiger partial charge is 0.276 e. The molecule has 0 aliphatic heterocycles. The Morgan fingerprint density at radius 3 is 2.73 bits per heavy atom. The van der Waals surface area contributed by atoms with E-state index in [0.717, 1.165) is 12.8 Å². The summed E-state index contributed by atoms with van der Waals surface area (Å²) in [6.45, 7) is 6.37. The first-order valence-electron chi connectivity index (χ1n) is 4.95. The van der Waals surface area contributed by atoms with E-state index >= 15 is 0 Å². The standard InChI is InChI=1S/C11H17NO2S/c1-11(2,3)14-12(9-13)7-6-10-5-4-8-15-10/h4-5,8-9H,6-7H2,1-3H3. The summed E-state index contributed by atoms with van der Waals surface area (Å²) in [5, 5.41) is 3.39. The van der Waals surface area contributed by atoms with Gasteiger partial charge in [-0.25, -0.2) is 5.06 Å². The molecule has 3 nitrogen and oxygen atoms in total. The van der Waals surface area contributed by atoms with Crippen LogP contribution < -0.4 is 0 Å². The maximum atomic E-state index is 10.7. The highest BCUT2D eigenvalue weighted by atomic mass is 32.1. The lowest BCUT2D eigenvalue weighted by atomic mass is 10.2. The van der Waals surface area contributed by atoms with Crippen LogP contribution in [0, 0.1) is 0 Å². The molecule has 1 aromatic rings. The molecule has 0 aromatic carbocycles. The highest BCUT2D eigenvalue weighted by Crippen LogP contribution is 2.12. The minimum absolute atomic E-state index is 0.323. The molecule has 0 saturated heterocycles. The van der Waals surface area contributed by atoms with E-state index in [-0.39, 0.29) is 5.60 Å². The summed E-state index contributed by atoms with van der Waals surface area (Å²) >= 11 is 1.70. The zero-order valence-electron chi connectivity index (χ0n) is 9.40. The van der Waals surface area contributed by atoms with E-state index in [2.05, 4.69) is 6.07 Å². The third-order valence-corrected chi connectivity index (χ3v) is 2.60. The van der Waals surface area contributed by atoms with Crippen LogP contribution in [0.2, 0.25) is 0 Å². The van der Waals surface area contributed by atoms with E-state index in [1.165, 1.54) is 9.94 Å². The molecule has 4 heteroatoms. The summed E-state index contributed by atoms with van der Waals surface area (Å²) in [4.78, 5) is 17.5. The first-order valence-corrected chi connectivity index (χ1v) is 5.83. The molecule has 0 N–H and O–H groups in total. The Morgan fingerprint density at radius 1 is 1.53 bits per heavy atom. The molecule has 0 bridgehead atoms. The fourth-order valence-electron chi connectivity index (χ4n) is 1.15. The fraction of sp³-hybridized carbons (Fsp3) is 0.545. The van der Waals surface area contributed by atoms with Crippen molar-refractivity contribution in [2.45, 2.75) is 32.8 Å². The van der Waals surface area contributed by atoms with E-state index in [0.29, 0.717) is 6.54 Å². The van der Waals surface area contributed by atoms with Gasteiger partial charge in [0.15, 0.2) is 0 Å². The highest BCUT2D eigenvalue weighted by molar-refractivity contribution is 7.09. The fourth-order valence-corrected chi connectivity index (χ4v) is 1.85. The molecule has 84 valence electrons. The summed E-state index contributed by atoms with van der Waals surface area (Å²) in [6, 6.07) is 4.07. The Balaban J connectivity index is 2.38. The van der Waals surface area contributed by atoms with E-state index in [1.54, 1.807) is 11.3 Å². The van der Waals surface area contributed by atoms with Crippen LogP contribution in [-0.2, 0) is 16.1 Å². The summed E-state index contributed by atoms with van der Waals surface area (Å²) in [6.07, 6.45) is 1.57. The van der Waals surface area contributed by atoms with Crippen LogP contribution in [0.4, 0.5) is 0 Å². The minimum atomic E-state index is -0.323. The van der Waals surface area contributed by atoms with Gasteiger partial charge in [0.2, 0.25) is 6.41 Å². The van der Waals surface area contributed by atoms with Gasteiger partial charge in [-0.2, -0.15) is 0 Å². The van der Waals surface area contributed by atoms with Crippen molar-refractivity contribution in [1.29, 1.82) is 0 Å². The molecule has 0 aliphatic carbocycles. The molecule has 0 atom stereocenters. The zero-order valence-corrected chi connectivity index (χ0v) is 10.2. The predicted octanol–water partition coefficient (Wildman–Crippen LogP) is 2.48. The van der Waals surface area contributed by atoms with E-state index in [1.807, 2.05) is 32.2 Å². The molecule has 0 radical (unpaired) electrons. The van der Waals surface area contributed by atoms with Crippen LogP contribution >= 0.6 is 11.3 Å². The molecular weight excluding hydrogens is 210 g/mol. The third kappa shape index (κ3) is 4.95. The Labute approximate surface area is 94.6 Å². The third-order valence-electron chi connectivity index (χ3n) is 1.67. The maximum Gasteiger partial charge on any atom is 0.233 e. The first kappa shape index (κ1) is 12.2. The lowest BCUT2D eigenvalue weighted by Crippen LogP contribution is -2.34. The zero-order chi connectivity index (χ0) is 11.3. The average molecular weight is 227 g/mol. The smallest absolute Gasteiger partial charge is 0.233 e. The van der Waals surface area contributed by atoms with Gasteiger partial charge >= 0.3 is 0 Å². The second-order valence-electron chi connectivity index (χ2n) is 4.28. The van der Waals surface area contributed by atoms with Crippen LogP contribution in [0.25, 0.3) is 0 Å². The molecule has 0 spiro atoms. The Morgan fingerprint density at radius 2 is 2.27 bits per heavy atom. The van der Waals surface area contributed by atoms with Crippen molar-refractivity contribution in [3.05, 3.63) is 22.4 Å². The Bertz CT molecular complexity index is 290. The molecule has 1 rings (SSSR count). The summed E-state index contributed by atoms with van der Waals surface area (Å²) in [5.41, 5.74) is -0.323. The predicted molar refractivity (Wildman–Crippen MR) is 61.6 cm³/mol. The number of thiophene rings is 1. The number of hydroxylamine groups is 2. The van der Waals surface area contributed by atoms with E-state index in [9.17, 15) is 4.79 Å². The number of carbonyl (C=O) groups excluding carboxylic acids is 1. The van der Waals surface area contributed by atoms with Crippen molar-refractivity contribution in [2.24, 2.45) is 0 Å². The number of nitrogens with zero attached hydrogens (tertiary/aromatic N) is 1. The Kier molecular flexibility index (Phi) is 4.29. The highest BCUT2D eigenvalue weighted by Gasteiger charge is 2.15. The number of hydrogen-bond acceptors (Lipinski definition) is 3. The lowest BCUT2D eigenvalue weighted by molar-refractivity contribution is -0.215. The van der Waals surface area contributed by atoms with Crippen molar-refractivity contribution >= 4 is 17.7 Å². The van der Waals surface area contributed by atoms with Gasteiger partial charge < -0.3 is 0 Å². The summed E-state index contributed by atoms with van der Waals surface area (Å²) in [5.74, 6) is 0. The summed E-state index contributed by atoms with van der Waals surface area (Å²) < 4.78 is 0. The van der Waals surface area contributed by atoms with Crippen molar-refractivity contribution < 1.29 is 9.63 Å². The molecule has 1 amide bonds. The van der Waals surface area contributed by atoms with Crippen molar-refractivity contribution in [3.8, 4) is 0 Å². The molecule has 15 heavy (non-hydrogen) atoms. The van der Waals surface area contributed by atoms with Crippen LogP contribution in [0.3, 0.4) is 0 Å². The van der Waals surface area contributed by atoms with E-state index < -0.39 is 0 Å². The molecular formula is C11H17NO2S. The van der Waals surface area contributed by atoms with Gasteiger partial charge in [0.05, 0.1) is 12.1 Å². The average Bonchev–Trinajstić information content (AvgIpc) is 2.62. The van der Waals surface area contributed by atoms with Crippen molar-refractivity contribution in [2.75, 3.05) is 6.54 Å². The molecule has 1 heterocycles. The van der Waals surface area contributed by atoms with Gasteiger partial charge in [0, 0.05) is 11.3 Å². The van der Waals surface area contributed by atoms with Gasteiger partial charge in [-0.05, 0) is 32.2 Å². The number of hydrogen-bond donors (Lipinski definition) is 0. The molecule has 1 aromatic heterocycles. The molecule has 0 saturated carbocycles. The van der Waals surface area contributed by atoms with Gasteiger partial charge in [0.25, 0.3) is 0 Å². The number of amides is 1. The second kappa shape index (κ2) is 5.28. The van der Waals surface area contributed by atoms with Gasteiger partial charge in [0.1, 0.15) is 0 Å². The van der Waals surface area contributed by atoms with Gasteiger partial charge in [-0.3, -0.25) is 9.63 Å². The van der Waals surface area contributed by atoms with E-state index in [4.69, 9.17) is 4.84 Å².